The third-order valence-electron chi connectivity index (χ3n) is 4.87. The highest BCUT2D eigenvalue weighted by Gasteiger charge is 2.17. The van der Waals surface area contributed by atoms with Crippen LogP contribution in [0.25, 0.3) is 15.9 Å². The molecule has 0 bridgehead atoms. The summed E-state index contributed by atoms with van der Waals surface area (Å²) in [6.07, 6.45) is 2.75. The average molecular weight is 409 g/mol. The Labute approximate surface area is 172 Å². The first-order valence-electron chi connectivity index (χ1n) is 9.45. The van der Waals surface area contributed by atoms with Gasteiger partial charge in [0.2, 0.25) is 5.91 Å². The summed E-state index contributed by atoms with van der Waals surface area (Å²) in [5.74, 6) is -0.307. The SMILES string of the molecule is Cc1c(C(C)NC(=O)CCc2nc3ccccc3s2)cnn1-c1ccc(F)cc1. The van der Waals surface area contributed by atoms with Crippen molar-refractivity contribution in [2.24, 2.45) is 0 Å². The number of thiazole rings is 1. The van der Waals surface area contributed by atoms with E-state index in [2.05, 4.69) is 15.4 Å². The van der Waals surface area contributed by atoms with Gasteiger partial charge in [0, 0.05) is 24.1 Å². The third kappa shape index (κ3) is 4.19. The number of aryl methyl sites for hydroxylation is 1. The van der Waals surface area contributed by atoms with Gasteiger partial charge in [-0.25, -0.2) is 14.1 Å². The molecule has 0 fully saturated rings. The lowest BCUT2D eigenvalue weighted by Crippen LogP contribution is -2.27. The van der Waals surface area contributed by atoms with Crippen LogP contribution in [0.4, 0.5) is 4.39 Å². The van der Waals surface area contributed by atoms with Gasteiger partial charge in [0.05, 0.1) is 33.2 Å². The van der Waals surface area contributed by atoms with E-state index in [1.54, 1.807) is 34.3 Å². The molecule has 29 heavy (non-hydrogen) atoms. The minimum Gasteiger partial charge on any atom is -0.349 e. The topological polar surface area (TPSA) is 59.8 Å². The Hall–Kier alpha value is -3.06. The highest BCUT2D eigenvalue weighted by molar-refractivity contribution is 7.18. The van der Waals surface area contributed by atoms with Gasteiger partial charge in [-0.05, 0) is 50.2 Å². The number of benzene rings is 2. The van der Waals surface area contributed by atoms with Crippen molar-refractivity contribution in [3.63, 3.8) is 0 Å². The van der Waals surface area contributed by atoms with Crippen molar-refractivity contribution in [3.05, 3.63) is 76.8 Å². The minimum atomic E-state index is -0.285. The molecule has 5 nitrogen and oxygen atoms in total. The van der Waals surface area contributed by atoms with E-state index in [9.17, 15) is 9.18 Å². The normalized spacial score (nSPS) is 12.2. The van der Waals surface area contributed by atoms with Gasteiger partial charge in [0.1, 0.15) is 5.82 Å². The zero-order chi connectivity index (χ0) is 20.4. The third-order valence-corrected chi connectivity index (χ3v) is 5.96. The summed E-state index contributed by atoms with van der Waals surface area (Å²) in [5.41, 5.74) is 3.60. The second-order valence-corrected chi connectivity index (χ2v) is 8.05. The van der Waals surface area contributed by atoms with Crippen LogP contribution < -0.4 is 5.32 Å². The zero-order valence-corrected chi connectivity index (χ0v) is 17.0. The summed E-state index contributed by atoms with van der Waals surface area (Å²) < 4.78 is 16.0. The second kappa shape index (κ2) is 8.13. The monoisotopic (exact) mass is 408 g/mol. The van der Waals surface area contributed by atoms with Crippen molar-refractivity contribution in [2.75, 3.05) is 0 Å². The quantitative estimate of drug-likeness (QED) is 0.501. The molecule has 0 aliphatic carbocycles. The van der Waals surface area contributed by atoms with Gasteiger partial charge in [-0.3, -0.25) is 4.79 Å². The number of para-hydroxylation sites is 1. The number of hydrogen-bond donors (Lipinski definition) is 1. The second-order valence-electron chi connectivity index (χ2n) is 6.94. The van der Waals surface area contributed by atoms with Crippen LogP contribution in [0.2, 0.25) is 0 Å². The lowest BCUT2D eigenvalue weighted by Gasteiger charge is -2.14. The molecule has 7 heteroatoms. The molecule has 4 rings (SSSR count). The molecule has 2 aromatic heterocycles. The van der Waals surface area contributed by atoms with Crippen LogP contribution in [0.5, 0.6) is 0 Å². The fourth-order valence-corrected chi connectivity index (χ4v) is 4.30. The Bertz CT molecular complexity index is 1120. The highest BCUT2D eigenvalue weighted by atomic mass is 32.1. The maximum absolute atomic E-state index is 13.2. The fraction of sp³-hybridized carbons (Fsp3) is 0.227. The molecule has 0 aliphatic heterocycles. The number of amides is 1. The van der Waals surface area contributed by atoms with E-state index in [1.807, 2.05) is 38.1 Å². The van der Waals surface area contributed by atoms with Crippen molar-refractivity contribution in [1.82, 2.24) is 20.1 Å². The molecule has 1 N–H and O–H groups in total. The number of nitrogens with one attached hydrogen (secondary N) is 1. The Morgan fingerprint density at radius 2 is 1.97 bits per heavy atom. The van der Waals surface area contributed by atoms with E-state index in [0.717, 1.165) is 32.2 Å². The molecule has 2 aromatic carbocycles. The summed E-state index contributed by atoms with van der Waals surface area (Å²) in [5, 5.41) is 8.40. The van der Waals surface area contributed by atoms with E-state index in [0.29, 0.717) is 12.8 Å². The molecule has 0 saturated heterocycles. The van der Waals surface area contributed by atoms with Gasteiger partial charge in [-0.15, -0.1) is 11.3 Å². The van der Waals surface area contributed by atoms with Crippen LogP contribution in [-0.2, 0) is 11.2 Å². The van der Waals surface area contributed by atoms with Crippen LogP contribution in [0.15, 0.2) is 54.7 Å². The van der Waals surface area contributed by atoms with Crippen molar-refractivity contribution in [1.29, 1.82) is 0 Å². The minimum absolute atomic E-state index is 0.0225. The Morgan fingerprint density at radius 1 is 1.21 bits per heavy atom. The summed E-state index contributed by atoms with van der Waals surface area (Å²) in [7, 11) is 0. The van der Waals surface area contributed by atoms with Crippen LogP contribution in [-0.4, -0.2) is 20.7 Å². The smallest absolute Gasteiger partial charge is 0.220 e. The van der Waals surface area contributed by atoms with E-state index < -0.39 is 0 Å². The highest BCUT2D eigenvalue weighted by Crippen LogP contribution is 2.23. The maximum Gasteiger partial charge on any atom is 0.220 e. The molecule has 0 spiro atoms. The number of carbonyl (C=O) groups is 1. The van der Waals surface area contributed by atoms with E-state index in [1.165, 1.54) is 12.1 Å². The lowest BCUT2D eigenvalue weighted by atomic mass is 10.1. The molecule has 1 unspecified atom stereocenters. The van der Waals surface area contributed by atoms with Gasteiger partial charge in [0.25, 0.3) is 0 Å². The lowest BCUT2D eigenvalue weighted by molar-refractivity contribution is -0.121. The van der Waals surface area contributed by atoms with Crippen molar-refractivity contribution in [3.8, 4) is 5.69 Å². The fourth-order valence-electron chi connectivity index (χ4n) is 3.33. The zero-order valence-electron chi connectivity index (χ0n) is 16.2. The van der Waals surface area contributed by atoms with Gasteiger partial charge in [-0.1, -0.05) is 12.1 Å². The van der Waals surface area contributed by atoms with Crippen LogP contribution >= 0.6 is 11.3 Å². The van der Waals surface area contributed by atoms with Crippen molar-refractivity contribution in [2.45, 2.75) is 32.7 Å². The summed E-state index contributed by atoms with van der Waals surface area (Å²) in [6.45, 7) is 3.88. The molecule has 4 aromatic rings. The van der Waals surface area contributed by atoms with E-state index >= 15 is 0 Å². The number of halogens is 1. The predicted octanol–water partition coefficient (Wildman–Crippen LogP) is 4.74. The number of rotatable bonds is 6. The first-order chi connectivity index (χ1) is 14.0. The molecule has 1 atom stereocenters. The van der Waals surface area contributed by atoms with Gasteiger partial charge >= 0.3 is 0 Å². The first-order valence-corrected chi connectivity index (χ1v) is 10.3. The molecular weight excluding hydrogens is 387 g/mol. The largest absolute Gasteiger partial charge is 0.349 e. The van der Waals surface area contributed by atoms with Crippen molar-refractivity contribution >= 4 is 27.5 Å². The molecule has 0 radical (unpaired) electrons. The van der Waals surface area contributed by atoms with Crippen LogP contribution in [0.3, 0.4) is 0 Å². The molecule has 2 heterocycles. The standard InChI is InChI=1S/C22H21FN4OS/c1-14(18-13-24-27(15(18)2)17-9-7-16(23)8-10-17)25-21(28)11-12-22-26-19-5-3-4-6-20(19)29-22/h3-10,13-14H,11-12H2,1-2H3,(H,25,28). The summed E-state index contributed by atoms with van der Waals surface area (Å²) in [6, 6.07) is 14.0. The summed E-state index contributed by atoms with van der Waals surface area (Å²) >= 11 is 1.63. The number of carbonyl (C=O) groups excluding carboxylic acids is 1. The number of fused-ring (bicyclic) bond motifs is 1. The van der Waals surface area contributed by atoms with Gasteiger partial charge in [0.15, 0.2) is 0 Å². The Kier molecular flexibility index (Phi) is 5.40. The average Bonchev–Trinajstić information content (AvgIpc) is 3.30. The predicted molar refractivity (Wildman–Crippen MR) is 113 cm³/mol. The van der Waals surface area contributed by atoms with Crippen LogP contribution in [0, 0.1) is 12.7 Å². The van der Waals surface area contributed by atoms with Gasteiger partial charge in [-0.2, -0.15) is 5.10 Å². The number of hydrogen-bond acceptors (Lipinski definition) is 4. The van der Waals surface area contributed by atoms with Crippen LogP contribution in [0.1, 0.15) is 35.7 Å². The summed E-state index contributed by atoms with van der Waals surface area (Å²) in [4.78, 5) is 17.0. The molecule has 0 aliphatic rings. The van der Waals surface area contributed by atoms with E-state index in [4.69, 9.17) is 0 Å². The maximum atomic E-state index is 13.2. The van der Waals surface area contributed by atoms with Gasteiger partial charge < -0.3 is 5.32 Å². The van der Waals surface area contributed by atoms with E-state index in [-0.39, 0.29) is 17.8 Å². The number of nitrogens with zero attached hydrogens (tertiary/aromatic N) is 3. The molecule has 148 valence electrons. The Balaban J connectivity index is 1.39. The Morgan fingerprint density at radius 3 is 2.72 bits per heavy atom. The molecule has 1 amide bonds. The number of aromatic nitrogens is 3. The molecule has 0 saturated carbocycles. The molecular formula is C22H21FN4OS. The van der Waals surface area contributed by atoms with Crippen molar-refractivity contribution < 1.29 is 9.18 Å². The first kappa shape index (κ1) is 19.3.